The van der Waals surface area contributed by atoms with Crippen LogP contribution < -0.4 is 0 Å². The van der Waals surface area contributed by atoms with Gasteiger partial charge in [0.1, 0.15) is 5.82 Å². The number of hydrogen-bond acceptors (Lipinski definition) is 4. The minimum atomic E-state index is -3.91. The molecular weight excluding hydrogens is 311 g/mol. The fourth-order valence-corrected chi connectivity index (χ4v) is 3.18. The van der Waals surface area contributed by atoms with Gasteiger partial charge in [-0.3, -0.25) is 0 Å². The Morgan fingerprint density at radius 1 is 1.40 bits per heavy atom. The van der Waals surface area contributed by atoms with Gasteiger partial charge in [0, 0.05) is 0 Å². The maximum atomic E-state index is 13.5. The first-order valence-corrected chi connectivity index (χ1v) is 7.64. The van der Waals surface area contributed by atoms with Crippen molar-refractivity contribution in [2.45, 2.75) is 30.8 Å². The highest BCUT2D eigenvalue weighted by Crippen LogP contribution is 2.26. The lowest BCUT2D eigenvalue weighted by Gasteiger charge is -2.16. The lowest BCUT2D eigenvalue weighted by atomic mass is 10.1. The predicted octanol–water partition coefficient (Wildman–Crippen LogP) is 2.11. The van der Waals surface area contributed by atoms with Crippen LogP contribution in [0.3, 0.4) is 0 Å². The Labute approximate surface area is 120 Å². The van der Waals surface area contributed by atoms with Gasteiger partial charge in [-0.2, -0.15) is 0 Å². The molecule has 0 fully saturated rings. The van der Waals surface area contributed by atoms with E-state index in [1.54, 1.807) is 0 Å². The topological polar surface area (TPSA) is 91.7 Å². The molecule has 0 saturated carbocycles. The molecule has 112 valence electrons. The van der Waals surface area contributed by atoms with E-state index >= 15 is 0 Å². The molecule has 0 heterocycles. The van der Waals surface area contributed by atoms with Crippen LogP contribution in [0.1, 0.15) is 30.6 Å². The number of carboxylic acids is 1. The van der Waals surface area contributed by atoms with Gasteiger partial charge in [-0.15, -0.1) is 0 Å². The van der Waals surface area contributed by atoms with Crippen LogP contribution in [0.25, 0.3) is 0 Å². The number of sulfone groups is 1. The van der Waals surface area contributed by atoms with Crippen molar-refractivity contribution >= 4 is 27.4 Å². The smallest absolute Gasteiger partial charge is 0.337 e. The molecule has 1 aromatic carbocycles. The van der Waals surface area contributed by atoms with E-state index in [9.17, 15) is 22.7 Å². The van der Waals surface area contributed by atoms with Gasteiger partial charge in [-0.25, -0.2) is 17.6 Å². The van der Waals surface area contributed by atoms with Crippen LogP contribution in [-0.2, 0) is 9.84 Å². The van der Waals surface area contributed by atoms with E-state index in [4.69, 9.17) is 16.7 Å². The van der Waals surface area contributed by atoms with Gasteiger partial charge < -0.3 is 10.2 Å². The monoisotopic (exact) mass is 324 g/mol. The third-order valence-corrected chi connectivity index (χ3v) is 4.65. The van der Waals surface area contributed by atoms with E-state index in [1.165, 1.54) is 13.8 Å². The van der Waals surface area contributed by atoms with Crippen molar-refractivity contribution in [1.82, 2.24) is 0 Å². The van der Waals surface area contributed by atoms with E-state index in [0.717, 1.165) is 6.07 Å². The lowest BCUT2D eigenvalue weighted by molar-refractivity contribution is 0.0695. The Bertz CT molecular complexity index is 634. The summed E-state index contributed by atoms with van der Waals surface area (Å²) in [6.07, 6.45) is -0.0675. The molecule has 0 unspecified atom stereocenters. The highest BCUT2D eigenvalue weighted by atomic mass is 35.5. The summed E-state index contributed by atoms with van der Waals surface area (Å²) in [5.74, 6) is -3.07. The van der Waals surface area contributed by atoms with Crippen LogP contribution in [0.15, 0.2) is 17.0 Å². The molecule has 0 aliphatic heterocycles. The molecule has 0 aliphatic carbocycles. The maximum Gasteiger partial charge on any atom is 0.337 e. The Kier molecular flexibility index (Phi) is 4.78. The molecule has 5 nitrogen and oxygen atoms in total. The summed E-state index contributed by atoms with van der Waals surface area (Å²) in [5.41, 5.74) is -1.82. The number of aromatic carboxylic acids is 1. The molecule has 0 bridgehead atoms. The molecule has 2 N–H and O–H groups in total. The standard InChI is InChI=1S/C12H14ClFO5S/c1-12(2,17)3-4-20(18,19)7-5-8(11(15)16)10(13)9(14)6-7/h5-6,17H,3-4H2,1-2H3,(H,15,16). The molecule has 8 heteroatoms. The van der Waals surface area contributed by atoms with Crippen LogP contribution in [0.2, 0.25) is 5.02 Å². The lowest BCUT2D eigenvalue weighted by Crippen LogP contribution is -2.23. The number of aliphatic hydroxyl groups is 1. The zero-order valence-electron chi connectivity index (χ0n) is 10.9. The third-order valence-electron chi connectivity index (χ3n) is 2.57. The second kappa shape index (κ2) is 5.67. The average Bonchev–Trinajstić information content (AvgIpc) is 2.28. The van der Waals surface area contributed by atoms with Crippen molar-refractivity contribution in [2.75, 3.05) is 5.75 Å². The molecule has 0 radical (unpaired) electrons. The fourth-order valence-electron chi connectivity index (χ4n) is 1.40. The SMILES string of the molecule is CC(C)(O)CCS(=O)(=O)c1cc(F)c(Cl)c(C(=O)O)c1. The third kappa shape index (κ3) is 4.16. The van der Waals surface area contributed by atoms with Crippen LogP contribution in [0.4, 0.5) is 4.39 Å². The Balaban J connectivity index is 3.23. The van der Waals surface area contributed by atoms with Crippen molar-refractivity contribution in [2.24, 2.45) is 0 Å². The zero-order chi connectivity index (χ0) is 15.7. The quantitative estimate of drug-likeness (QED) is 0.865. The highest BCUT2D eigenvalue weighted by Gasteiger charge is 2.24. The van der Waals surface area contributed by atoms with E-state index < -0.39 is 48.5 Å². The second-order valence-electron chi connectivity index (χ2n) is 4.95. The van der Waals surface area contributed by atoms with E-state index in [-0.39, 0.29) is 6.42 Å². The van der Waals surface area contributed by atoms with Crippen LogP contribution in [0.5, 0.6) is 0 Å². The van der Waals surface area contributed by atoms with Crippen molar-refractivity contribution in [3.63, 3.8) is 0 Å². The van der Waals surface area contributed by atoms with Crippen LogP contribution in [0, 0.1) is 5.82 Å². The van der Waals surface area contributed by atoms with E-state index in [0.29, 0.717) is 6.07 Å². The maximum absolute atomic E-state index is 13.5. The summed E-state index contributed by atoms with van der Waals surface area (Å²) in [7, 11) is -3.91. The van der Waals surface area contributed by atoms with Crippen molar-refractivity contribution in [3.8, 4) is 0 Å². The molecule has 20 heavy (non-hydrogen) atoms. The summed E-state index contributed by atoms with van der Waals surface area (Å²) < 4.78 is 37.5. The van der Waals surface area contributed by atoms with Crippen LogP contribution >= 0.6 is 11.6 Å². The molecule has 0 aliphatic rings. The largest absolute Gasteiger partial charge is 0.478 e. The number of carboxylic acid groups (broad SMARTS) is 1. The van der Waals surface area contributed by atoms with Gasteiger partial charge in [0.05, 0.1) is 26.8 Å². The van der Waals surface area contributed by atoms with Crippen molar-refractivity contribution in [1.29, 1.82) is 0 Å². The van der Waals surface area contributed by atoms with E-state index in [1.807, 2.05) is 0 Å². The van der Waals surface area contributed by atoms with Gasteiger partial charge in [0.15, 0.2) is 9.84 Å². The van der Waals surface area contributed by atoms with Gasteiger partial charge in [-0.05, 0) is 32.4 Å². The number of hydrogen-bond donors (Lipinski definition) is 2. The summed E-state index contributed by atoms with van der Waals surface area (Å²) in [5, 5.41) is 17.7. The van der Waals surface area contributed by atoms with Gasteiger partial charge in [-0.1, -0.05) is 11.6 Å². The summed E-state index contributed by atoms with van der Waals surface area (Å²) in [6.45, 7) is 2.88. The van der Waals surface area contributed by atoms with Crippen molar-refractivity contribution in [3.05, 3.63) is 28.5 Å². The average molecular weight is 325 g/mol. The zero-order valence-corrected chi connectivity index (χ0v) is 12.4. The van der Waals surface area contributed by atoms with Crippen molar-refractivity contribution < 1.29 is 27.8 Å². The minimum absolute atomic E-state index is 0.0675. The first-order valence-electron chi connectivity index (χ1n) is 5.61. The number of benzene rings is 1. The molecular formula is C12H14ClFO5S. The molecule has 0 amide bonds. The summed E-state index contributed by atoms with van der Waals surface area (Å²) in [4.78, 5) is 10.4. The first kappa shape index (κ1) is 16.9. The molecule has 1 rings (SSSR count). The molecule has 0 spiro atoms. The molecule has 0 saturated heterocycles. The van der Waals surface area contributed by atoms with Crippen LogP contribution in [-0.4, -0.2) is 36.0 Å². The summed E-state index contributed by atoms with van der Waals surface area (Å²) >= 11 is 5.47. The van der Waals surface area contributed by atoms with Gasteiger partial charge in [0.2, 0.25) is 0 Å². The molecule has 0 atom stereocenters. The molecule has 0 aromatic heterocycles. The Morgan fingerprint density at radius 3 is 2.40 bits per heavy atom. The normalized spacial score (nSPS) is 12.4. The fraction of sp³-hybridized carbons (Fsp3) is 0.417. The molecule has 1 aromatic rings. The highest BCUT2D eigenvalue weighted by molar-refractivity contribution is 7.91. The first-order chi connectivity index (χ1) is 8.94. The number of halogens is 2. The predicted molar refractivity (Wildman–Crippen MR) is 71.3 cm³/mol. The number of rotatable bonds is 5. The second-order valence-corrected chi connectivity index (χ2v) is 7.44. The number of carbonyl (C=O) groups is 1. The van der Waals surface area contributed by atoms with Gasteiger partial charge >= 0.3 is 5.97 Å². The summed E-state index contributed by atoms with van der Waals surface area (Å²) in [6, 6.07) is 1.49. The van der Waals surface area contributed by atoms with E-state index in [2.05, 4.69) is 0 Å². The Morgan fingerprint density at radius 2 is 1.95 bits per heavy atom. The Hall–Kier alpha value is -1.18. The minimum Gasteiger partial charge on any atom is -0.478 e. The van der Waals surface area contributed by atoms with Gasteiger partial charge in [0.25, 0.3) is 0 Å².